The largest absolute Gasteiger partial charge is 0.379 e. The van der Waals surface area contributed by atoms with Crippen molar-refractivity contribution in [2.45, 2.75) is 49.3 Å². The number of hydrogen-bond acceptors (Lipinski definition) is 4. The fourth-order valence-electron chi connectivity index (χ4n) is 4.46. The van der Waals surface area contributed by atoms with Gasteiger partial charge in [0.05, 0.1) is 9.88 Å². The topological polar surface area (TPSA) is 71.1 Å². The molecule has 0 unspecified atom stereocenters. The van der Waals surface area contributed by atoms with Crippen molar-refractivity contribution < 1.29 is 12.8 Å². The predicted molar refractivity (Wildman–Crippen MR) is 120 cm³/mol. The Kier molecular flexibility index (Phi) is 7.55. The van der Waals surface area contributed by atoms with Crippen LogP contribution in [0.25, 0.3) is 0 Å². The molecule has 0 aliphatic heterocycles. The summed E-state index contributed by atoms with van der Waals surface area (Å²) >= 11 is 5.84. The van der Waals surface area contributed by atoms with Crippen molar-refractivity contribution in [2.24, 2.45) is 5.92 Å². The Morgan fingerprint density at radius 3 is 2.70 bits per heavy atom. The number of thiocarbonyl (C=S) groups is 1. The number of rotatable bonds is 8. The first-order valence-electron chi connectivity index (χ1n) is 10.3. The van der Waals surface area contributed by atoms with Crippen LogP contribution in [0.3, 0.4) is 0 Å². The van der Waals surface area contributed by atoms with Crippen molar-refractivity contribution >= 4 is 27.2 Å². The van der Waals surface area contributed by atoms with Gasteiger partial charge in [-0.1, -0.05) is 31.1 Å². The van der Waals surface area contributed by atoms with E-state index in [9.17, 15) is 12.8 Å². The number of hydrogen-bond donors (Lipinski definition) is 2. The van der Waals surface area contributed by atoms with Gasteiger partial charge < -0.3 is 5.32 Å². The van der Waals surface area contributed by atoms with Crippen molar-refractivity contribution in [3.63, 3.8) is 0 Å². The molecule has 1 aromatic heterocycles. The molecular weight excluding hydrogens is 421 g/mol. The molecule has 0 bridgehead atoms. The molecule has 5 nitrogen and oxygen atoms in total. The highest BCUT2D eigenvalue weighted by molar-refractivity contribution is 7.89. The van der Waals surface area contributed by atoms with Crippen LogP contribution in [-0.4, -0.2) is 31.5 Å². The lowest BCUT2D eigenvalue weighted by Gasteiger charge is -2.45. The lowest BCUT2D eigenvalue weighted by molar-refractivity contribution is 0.238. The Hall–Kier alpha value is -1.90. The van der Waals surface area contributed by atoms with Gasteiger partial charge in [-0.15, -0.1) is 0 Å². The van der Waals surface area contributed by atoms with Gasteiger partial charge in [0.2, 0.25) is 10.0 Å². The molecule has 0 spiro atoms. The minimum atomic E-state index is -3.69. The second-order valence-corrected chi connectivity index (χ2v) is 9.83. The molecule has 30 heavy (non-hydrogen) atoms. The zero-order valence-corrected chi connectivity index (χ0v) is 18.7. The van der Waals surface area contributed by atoms with Gasteiger partial charge in [-0.3, -0.25) is 4.98 Å². The van der Waals surface area contributed by atoms with Gasteiger partial charge in [0.25, 0.3) is 0 Å². The summed E-state index contributed by atoms with van der Waals surface area (Å²) in [6.45, 7) is 3.06. The number of nitrogens with zero attached hydrogens (tertiary/aromatic N) is 1. The van der Waals surface area contributed by atoms with E-state index >= 15 is 0 Å². The van der Waals surface area contributed by atoms with E-state index in [2.05, 4.69) is 21.1 Å². The Morgan fingerprint density at radius 2 is 2.03 bits per heavy atom. The number of aromatic nitrogens is 1. The molecule has 1 heterocycles. The van der Waals surface area contributed by atoms with Gasteiger partial charge >= 0.3 is 0 Å². The lowest BCUT2D eigenvalue weighted by Crippen LogP contribution is -2.51. The molecular formula is C22H28FN3O2S2. The van der Waals surface area contributed by atoms with Crippen molar-refractivity contribution in [3.05, 3.63) is 60.2 Å². The minimum absolute atomic E-state index is 0.0641. The molecule has 1 saturated carbocycles. The molecule has 0 saturated heterocycles. The number of likely N-dealkylation sites (N-methyl/N-ethyl adjacent to an activating group) is 1. The monoisotopic (exact) mass is 449 g/mol. The van der Waals surface area contributed by atoms with E-state index in [1.165, 1.54) is 12.1 Å². The molecule has 1 aliphatic rings. The summed E-state index contributed by atoms with van der Waals surface area (Å²) in [5.41, 5.74) is 0.737. The van der Waals surface area contributed by atoms with E-state index in [-0.39, 0.29) is 16.2 Å². The van der Waals surface area contributed by atoms with E-state index in [0.29, 0.717) is 13.0 Å². The molecule has 2 atom stereocenters. The summed E-state index contributed by atoms with van der Waals surface area (Å²) in [7, 11) is -3.69. The second kappa shape index (κ2) is 9.94. The van der Waals surface area contributed by atoms with Gasteiger partial charge in [0, 0.05) is 30.9 Å². The first-order valence-corrected chi connectivity index (χ1v) is 12.2. The summed E-state index contributed by atoms with van der Waals surface area (Å²) < 4.78 is 40.9. The Bertz CT molecular complexity index is 952. The van der Waals surface area contributed by atoms with Crippen molar-refractivity contribution in [1.29, 1.82) is 0 Å². The van der Waals surface area contributed by atoms with Crippen LogP contribution in [-0.2, 0) is 15.4 Å². The summed E-state index contributed by atoms with van der Waals surface area (Å²) in [5, 5.41) is 3.35. The van der Waals surface area contributed by atoms with Crippen LogP contribution >= 0.6 is 12.2 Å². The highest BCUT2D eigenvalue weighted by Crippen LogP contribution is 2.46. The first-order chi connectivity index (χ1) is 14.4. The lowest BCUT2D eigenvalue weighted by atomic mass is 9.61. The number of benzene rings is 1. The molecule has 162 valence electrons. The fraction of sp³-hybridized carbons (Fsp3) is 0.455. The average molecular weight is 450 g/mol. The Labute approximate surface area is 183 Å². The van der Waals surface area contributed by atoms with Crippen LogP contribution in [0.4, 0.5) is 4.39 Å². The van der Waals surface area contributed by atoms with Crippen LogP contribution < -0.4 is 10.0 Å². The molecule has 1 fully saturated rings. The summed E-state index contributed by atoms with van der Waals surface area (Å²) in [6, 6.07) is 8.85. The van der Waals surface area contributed by atoms with Gasteiger partial charge in [0.1, 0.15) is 5.82 Å². The molecule has 1 aliphatic carbocycles. The Balaban J connectivity index is 1.80. The van der Waals surface area contributed by atoms with Gasteiger partial charge in [-0.05, 0) is 68.0 Å². The number of pyridine rings is 1. The SMILES string of the molecule is CCNC(=S)[C@]1(c2cccnc2)CCCC[C@H]1CCNS(=O)(=O)c1ccc(F)cc1. The molecule has 0 amide bonds. The van der Waals surface area contributed by atoms with Gasteiger partial charge in [-0.2, -0.15) is 0 Å². The van der Waals surface area contributed by atoms with Crippen LogP contribution in [0.5, 0.6) is 0 Å². The normalized spacial score (nSPS) is 21.9. The van der Waals surface area contributed by atoms with Crippen molar-refractivity contribution in [1.82, 2.24) is 15.0 Å². The van der Waals surface area contributed by atoms with E-state index in [0.717, 1.165) is 54.9 Å². The minimum Gasteiger partial charge on any atom is -0.379 e. The predicted octanol–water partition coefficient (Wildman–Crippen LogP) is 3.95. The third-order valence-corrected chi connectivity index (χ3v) is 7.88. The van der Waals surface area contributed by atoms with Crippen LogP contribution in [0, 0.1) is 11.7 Å². The highest BCUT2D eigenvalue weighted by atomic mass is 32.2. The maximum atomic E-state index is 13.1. The van der Waals surface area contributed by atoms with E-state index in [4.69, 9.17) is 12.2 Å². The third kappa shape index (κ3) is 4.87. The Morgan fingerprint density at radius 1 is 1.27 bits per heavy atom. The van der Waals surface area contributed by atoms with Crippen LogP contribution in [0.2, 0.25) is 0 Å². The number of halogens is 1. The average Bonchev–Trinajstić information content (AvgIpc) is 2.75. The summed E-state index contributed by atoms with van der Waals surface area (Å²) in [5.74, 6) is -0.271. The molecule has 2 N–H and O–H groups in total. The third-order valence-electron chi connectivity index (χ3n) is 5.90. The zero-order chi connectivity index (χ0) is 21.6. The van der Waals surface area contributed by atoms with E-state index in [1.807, 2.05) is 19.2 Å². The number of nitrogens with one attached hydrogen (secondary N) is 2. The van der Waals surface area contributed by atoms with Crippen LogP contribution in [0.1, 0.15) is 44.6 Å². The van der Waals surface area contributed by atoms with E-state index in [1.54, 1.807) is 6.20 Å². The van der Waals surface area contributed by atoms with Crippen molar-refractivity contribution in [3.8, 4) is 0 Å². The molecule has 0 radical (unpaired) electrons. The molecule has 8 heteroatoms. The first kappa shape index (κ1) is 22.8. The highest BCUT2D eigenvalue weighted by Gasteiger charge is 2.45. The fourth-order valence-corrected chi connectivity index (χ4v) is 6.03. The van der Waals surface area contributed by atoms with Gasteiger partial charge in [-0.25, -0.2) is 17.5 Å². The van der Waals surface area contributed by atoms with Gasteiger partial charge in [0.15, 0.2) is 0 Å². The zero-order valence-electron chi connectivity index (χ0n) is 17.1. The maximum Gasteiger partial charge on any atom is 0.240 e. The quantitative estimate of drug-likeness (QED) is 0.597. The molecule has 2 aromatic rings. The summed E-state index contributed by atoms with van der Waals surface area (Å²) in [6.07, 6.45) is 8.33. The van der Waals surface area contributed by atoms with Crippen LogP contribution in [0.15, 0.2) is 53.7 Å². The van der Waals surface area contributed by atoms with E-state index < -0.39 is 15.8 Å². The smallest absolute Gasteiger partial charge is 0.240 e. The van der Waals surface area contributed by atoms with Crippen molar-refractivity contribution in [2.75, 3.05) is 13.1 Å². The standard InChI is InChI=1S/C22H28FN3O2S2/c1-2-25-21(29)22(18-7-5-14-24-16-18)13-4-3-6-17(22)12-15-26-30(27,28)20-10-8-19(23)9-11-20/h5,7-11,14,16-17,26H,2-4,6,12-13,15H2,1H3,(H,25,29)/t17-,22+/m0/s1. The molecule has 3 rings (SSSR count). The maximum absolute atomic E-state index is 13.1. The second-order valence-electron chi connectivity index (χ2n) is 7.66. The molecule has 1 aromatic carbocycles. The summed E-state index contributed by atoms with van der Waals surface area (Å²) in [4.78, 5) is 5.19. The number of sulfonamides is 1.